The van der Waals surface area contributed by atoms with Crippen molar-refractivity contribution in [1.82, 2.24) is 0 Å². The van der Waals surface area contributed by atoms with Gasteiger partial charge >= 0.3 is 0 Å². The minimum absolute atomic E-state index is 0.0354. The predicted molar refractivity (Wildman–Crippen MR) is 83.2 cm³/mol. The van der Waals surface area contributed by atoms with Crippen LogP contribution in [0.25, 0.3) is 0 Å². The average molecular weight is 315 g/mol. The molecule has 0 fully saturated rings. The minimum Gasteiger partial charge on any atom is -0.491 e. The zero-order valence-corrected chi connectivity index (χ0v) is 14.2. The van der Waals surface area contributed by atoms with Crippen LogP contribution in [-0.2, 0) is 14.8 Å². The standard InChI is InChI=1S/C15H25NO4S/c1-10(2)13-9-14(20-7-6-19-11(3)4)12(5)8-15(13)21(16,17)18/h8-11H,6-7H2,1-5H3,(H2,16,17,18). The topological polar surface area (TPSA) is 78.6 Å². The highest BCUT2D eigenvalue weighted by Gasteiger charge is 2.19. The number of aryl methyl sites for hydroxylation is 1. The molecular weight excluding hydrogens is 290 g/mol. The van der Waals surface area contributed by atoms with Gasteiger partial charge in [-0.25, -0.2) is 13.6 Å². The van der Waals surface area contributed by atoms with Crippen molar-refractivity contribution >= 4 is 10.0 Å². The Bertz CT molecular complexity index is 580. The third-order valence-corrected chi connectivity index (χ3v) is 3.99. The van der Waals surface area contributed by atoms with Crippen LogP contribution in [0, 0.1) is 6.92 Å². The van der Waals surface area contributed by atoms with Crippen LogP contribution in [-0.4, -0.2) is 27.7 Å². The maximum atomic E-state index is 11.7. The van der Waals surface area contributed by atoms with Crippen LogP contribution in [0.4, 0.5) is 0 Å². The molecule has 0 unspecified atom stereocenters. The number of hydrogen-bond donors (Lipinski definition) is 1. The van der Waals surface area contributed by atoms with E-state index in [2.05, 4.69) is 0 Å². The van der Waals surface area contributed by atoms with E-state index in [4.69, 9.17) is 14.6 Å². The van der Waals surface area contributed by atoms with Crippen LogP contribution < -0.4 is 9.88 Å². The van der Waals surface area contributed by atoms with Crippen molar-refractivity contribution in [2.45, 2.75) is 51.5 Å². The molecule has 21 heavy (non-hydrogen) atoms. The Hall–Kier alpha value is -1.11. The summed E-state index contributed by atoms with van der Waals surface area (Å²) in [7, 11) is -3.73. The lowest BCUT2D eigenvalue weighted by molar-refractivity contribution is 0.0551. The quantitative estimate of drug-likeness (QED) is 0.784. The summed E-state index contributed by atoms with van der Waals surface area (Å²) in [6.45, 7) is 10.5. The van der Waals surface area contributed by atoms with E-state index in [0.29, 0.717) is 24.5 Å². The average Bonchev–Trinajstić information content (AvgIpc) is 2.33. The third kappa shape index (κ3) is 5.30. The van der Waals surface area contributed by atoms with Gasteiger partial charge in [0.25, 0.3) is 0 Å². The summed E-state index contributed by atoms with van der Waals surface area (Å²) in [6.07, 6.45) is 0.158. The van der Waals surface area contributed by atoms with E-state index in [1.807, 2.05) is 27.7 Å². The van der Waals surface area contributed by atoms with Crippen LogP contribution in [0.15, 0.2) is 17.0 Å². The Morgan fingerprint density at radius 3 is 2.24 bits per heavy atom. The van der Waals surface area contributed by atoms with Crippen LogP contribution in [0.5, 0.6) is 5.75 Å². The molecule has 0 aliphatic rings. The van der Waals surface area contributed by atoms with Gasteiger partial charge in [0, 0.05) is 0 Å². The molecule has 120 valence electrons. The summed E-state index contributed by atoms with van der Waals surface area (Å²) in [5.41, 5.74) is 1.41. The Labute approximate surface area is 127 Å². The molecule has 1 rings (SSSR count). The number of nitrogens with two attached hydrogens (primary N) is 1. The van der Waals surface area contributed by atoms with Gasteiger partial charge in [-0.1, -0.05) is 13.8 Å². The molecule has 0 atom stereocenters. The van der Waals surface area contributed by atoms with E-state index in [1.54, 1.807) is 19.1 Å². The first-order chi connectivity index (χ1) is 9.62. The molecule has 0 saturated heterocycles. The molecular formula is C15H25NO4S. The summed E-state index contributed by atoms with van der Waals surface area (Å²) >= 11 is 0. The largest absolute Gasteiger partial charge is 0.491 e. The van der Waals surface area contributed by atoms with Crippen molar-refractivity contribution in [3.63, 3.8) is 0 Å². The number of sulfonamides is 1. The molecule has 0 aliphatic carbocycles. The second kappa shape index (κ2) is 7.24. The second-order valence-corrected chi connectivity index (χ2v) is 7.15. The molecule has 0 amide bonds. The van der Waals surface area contributed by atoms with Gasteiger partial charge in [-0.3, -0.25) is 0 Å². The van der Waals surface area contributed by atoms with Crippen molar-refractivity contribution in [3.8, 4) is 5.75 Å². The predicted octanol–water partition coefficient (Wildman–Crippen LogP) is 2.57. The van der Waals surface area contributed by atoms with Gasteiger partial charge in [-0.2, -0.15) is 0 Å². The molecule has 1 aromatic rings. The molecule has 0 saturated carbocycles. The fourth-order valence-electron chi connectivity index (χ4n) is 1.97. The van der Waals surface area contributed by atoms with E-state index in [9.17, 15) is 8.42 Å². The first-order valence-electron chi connectivity index (χ1n) is 7.04. The molecule has 5 nitrogen and oxygen atoms in total. The second-order valence-electron chi connectivity index (χ2n) is 5.62. The number of ether oxygens (including phenoxy) is 2. The minimum atomic E-state index is -3.73. The lowest BCUT2D eigenvalue weighted by Gasteiger charge is -2.17. The normalized spacial score (nSPS) is 12.2. The van der Waals surface area contributed by atoms with E-state index in [-0.39, 0.29) is 16.9 Å². The van der Waals surface area contributed by atoms with Crippen molar-refractivity contribution < 1.29 is 17.9 Å². The van der Waals surface area contributed by atoms with Gasteiger partial charge in [0.05, 0.1) is 17.6 Å². The van der Waals surface area contributed by atoms with Gasteiger partial charge in [-0.05, 0) is 49.9 Å². The summed E-state index contributed by atoms with van der Waals surface area (Å²) in [5.74, 6) is 0.701. The van der Waals surface area contributed by atoms with E-state index < -0.39 is 10.0 Å². The number of benzene rings is 1. The maximum Gasteiger partial charge on any atom is 0.238 e. The summed E-state index contributed by atoms with van der Waals surface area (Å²) in [4.78, 5) is 0.167. The molecule has 2 N–H and O–H groups in total. The summed E-state index contributed by atoms with van der Waals surface area (Å²) in [6, 6.07) is 3.33. The van der Waals surface area contributed by atoms with Gasteiger partial charge in [0.15, 0.2) is 0 Å². The zero-order valence-electron chi connectivity index (χ0n) is 13.3. The molecule has 0 spiro atoms. The molecule has 0 heterocycles. The van der Waals surface area contributed by atoms with Crippen molar-refractivity contribution in [2.24, 2.45) is 5.14 Å². The third-order valence-electron chi connectivity index (χ3n) is 3.03. The number of primary sulfonamides is 1. The Balaban J connectivity index is 3.00. The molecule has 6 heteroatoms. The van der Waals surface area contributed by atoms with Gasteiger partial charge in [0.1, 0.15) is 12.4 Å². The number of rotatable bonds is 7. The SMILES string of the molecule is Cc1cc(S(N)(=O)=O)c(C(C)C)cc1OCCOC(C)C. The zero-order chi connectivity index (χ0) is 16.2. The summed E-state index contributed by atoms with van der Waals surface area (Å²) in [5, 5.41) is 5.28. The smallest absolute Gasteiger partial charge is 0.238 e. The van der Waals surface area contributed by atoms with E-state index in [0.717, 1.165) is 5.56 Å². The molecule has 0 bridgehead atoms. The highest BCUT2D eigenvalue weighted by atomic mass is 32.2. The van der Waals surface area contributed by atoms with Crippen LogP contribution in [0.1, 0.15) is 44.7 Å². The lowest BCUT2D eigenvalue weighted by Crippen LogP contribution is -2.16. The highest BCUT2D eigenvalue weighted by molar-refractivity contribution is 7.89. The van der Waals surface area contributed by atoms with Crippen molar-refractivity contribution in [1.29, 1.82) is 0 Å². The fourth-order valence-corrected chi connectivity index (χ4v) is 2.93. The summed E-state index contributed by atoms with van der Waals surface area (Å²) < 4.78 is 34.5. The molecule has 0 radical (unpaired) electrons. The molecule has 0 aromatic heterocycles. The lowest BCUT2D eigenvalue weighted by atomic mass is 10.0. The Morgan fingerprint density at radius 1 is 1.14 bits per heavy atom. The molecule has 0 aliphatic heterocycles. The van der Waals surface area contributed by atoms with Crippen LogP contribution >= 0.6 is 0 Å². The first kappa shape index (κ1) is 17.9. The fraction of sp³-hybridized carbons (Fsp3) is 0.600. The van der Waals surface area contributed by atoms with E-state index >= 15 is 0 Å². The van der Waals surface area contributed by atoms with Crippen molar-refractivity contribution in [2.75, 3.05) is 13.2 Å². The van der Waals surface area contributed by atoms with Gasteiger partial charge < -0.3 is 9.47 Å². The number of hydrogen-bond acceptors (Lipinski definition) is 4. The maximum absolute atomic E-state index is 11.7. The first-order valence-corrected chi connectivity index (χ1v) is 8.59. The van der Waals surface area contributed by atoms with Crippen LogP contribution in [0.3, 0.4) is 0 Å². The van der Waals surface area contributed by atoms with E-state index in [1.165, 1.54) is 0 Å². The van der Waals surface area contributed by atoms with Gasteiger partial charge in [0.2, 0.25) is 10.0 Å². The van der Waals surface area contributed by atoms with Gasteiger partial charge in [-0.15, -0.1) is 0 Å². The molecule has 1 aromatic carbocycles. The Morgan fingerprint density at radius 2 is 1.76 bits per heavy atom. The Kier molecular flexibility index (Phi) is 6.19. The van der Waals surface area contributed by atoms with Crippen molar-refractivity contribution in [3.05, 3.63) is 23.3 Å². The monoisotopic (exact) mass is 315 g/mol. The van der Waals surface area contributed by atoms with Crippen LogP contribution in [0.2, 0.25) is 0 Å². The highest BCUT2D eigenvalue weighted by Crippen LogP contribution is 2.30.